The number of ether oxygens (including phenoxy) is 1. The number of benzene rings is 1. The molecule has 0 aliphatic rings. The number of amides is 1. The van der Waals surface area contributed by atoms with Gasteiger partial charge in [0.15, 0.2) is 5.82 Å². The van der Waals surface area contributed by atoms with Gasteiger partial charge in [0.25, 0.3) is 0 Å². The van der Waals surface area contributed by atoms with E-state index in [2.05, 4.69) is 10.4 Å². The zero-order chi connectivity index (χ0) is 16.8. The van der Waals surface area contributed by atoms with Gasteiger partial charge < -0.3 is 15.2 Å². The fourth-order valence-corrected chi connectivity index (χ4v) is 2.18. The van der Waals surface area contributed by atoms with Crippen molar-refractivity contribution in [1.29, 1.82) is 0 Å². The van der Waals surface area contributed by atoms with E-state index in [9.17, 15) is 9.59 Å². The van der Waals surface area contributed by atoms with Crippen LogP contribution in [0.2, 0.25) is 0 Å². The molecule has 0 radical (unpaired) electrons. The van der Waals surface area contributed by atoms with Crippen molar-refractivity contribution in [2.75, 3.05) is 12.4 Å². The van der Waals surface area contributed by atoms with Gasteiger partial charge in [-0.15, -0.1) is 0 Å². The van der Waals surface area contributed by atoms with Gasteiger partial charge >= 0.3 is 5.97 Å². The predicted molar refractivity (Wildman–Crippen MR) is 84.5 cm³/mol. The minimum atomic E-state index is -0.987. The molecular weight excluding hydrogens is 298 g/mol. The molecule has 23 heavy (non-hydrogen) atoms. The Morgan fingerprint density at radius 3 is 2.61 bits per heavy atom. The number of carboxylic acid groups (broad SMARTS) is 1. The number of methoxy groups -OCH3 is 1. The topological polar surface area (TPSA) is 93.5 Å². The lowest BCUT2D eigenvalue weighted by molar-refractivity contribution is -0.137. The monoisotopic (exact) mass is 317 g/mol. The highest BCUT2D eigenvalue weighted by Crippen LogP contribution is 2.22. The summed E-state index contributed by atoms with van der Waals surface area (Å²) in [6.07, 6.45) is 1.81. The molecular formula is C16H19N3O4. The summed E-state index contributed by atoms with van der Waals surface area (Å²) in [6, 6.07) is 9.14. The van der Waals surface area contributed by atoms with Gasteiger partial charge in [-0.25, -0.2) is 0 Å². The number of aromatic nitrogens is 2. The third-order valence-corrected chi connectivity index (χ3v) is 3.38. The van der Waals surface area contributed by atoms with Crippen LogP contribution in [0.15, 0.2) is 36.5 Å². The summed E-state index contributed by atoms with van der Waals surface area (Å²) >= 11 is 0. The quantitative estimate of drug-likeness (QED) is 0.816. The maximum atomic E-state index is 12.0. The highest BCUT2D eigenvalue weighted by Gasteiger charge is 2.13. The van der Waals surface area contributed by atoms with Crippen LogP contribution >= 0.6 is 0 Å². The molecule has 1 aromatic carbocycles. The summed E-state index contributed by atoms with van der Waals surface area (Å²) in [6.45, 7) is 1.72. The number of carbonyl (C=O) groups is 2. The Balaban J connectivity index is 1.90. The fraction of sp³-hybridized carbons (Fsp3) is 0.312. The van der Waals surface area contributed by atoms with E-state index in [-0.39, 0.29) is 18.4 Å². The lowest BCUT2D eigenvalue weighted by atomic mass is 9.97. The Kier molecular flexibility index (Phi) is 5.35. The van der Waals surface area contributed by atoms with E-state index in [1.54, 1.807) is 13.2 Å². The van der Waals surface area contributed by atoms with Gasteiger partial charge in [-0.2, -0.15) is 5.10 Å². The molecule has 0 saturated heterocycles. The number of carboxylic acids is 1. The standard InChI is InChI=1S/C16H19N3O4/c1-11(12-3-5-13(23-2)6-4-12)9-15(20)17-14-7-8-19(18-14)10-16(21)22/h3-8,11H,9-10H2,1-2H3,(H,21,22)(H,17,18,20). The first-order valence-corrected chi connectivity index (χ1v) is 7.17. The minimum absolute atomic E-state index is 0.0435. The average Bonchev–Trinajstić information content (AvgIpc) is 2.93. The maximum Gasteiger partial charge on any atom is 0.325 e. The molecule has 1 aromatic heterocycles. The number of nitrogens with one attached hydrogen (secondary N) is 1. The van der Waals surface area contributed by atoms with Crippen LogP contribution in [0.1, 0.15) is 24.8 Å². The molecule has 2 aromatic rings. The van der Waals surface area contributed by atoms with Crippen molar-refractivity contribution >= 4 is 17.7 Å². The largest absolute Gasteiger partial charge is 0.497 e. The van der Waals surface area contributed by atoms with E-state index in [1.807, 2.05) is 31.2 Å². The first kappa shape index (κ1) is 16.5. The van der Waals surface area contributed by atoms with Gasteiger partial charge in [0.1, 0.15) is 12.3 Å². The number of aliphatic carboxylic acids is 1. The van der Waals surface area contributed by atoms with Crippen LogP contribution in [0, 0.1) is 0 Å². The van der Waals surface area contributed by atoms with Crippen LogP contribution < -0.4 is 10.1 Å². The molecule has 0 spiro atoms. The van der Waals surface area contributed by atoms with Gasteiger partial charge in [-0.3, -0.25) is 14.3 Å². The van der Waals surface area contributed by atoms with Crippen molar-refractivity contribution in [3.63, 3.8) is 0 Å². The Hall–Kier alpha value is -2.83. The van der Waals surface area contributed by atoms with Crippen LogP contribution in [0.5, 0.6) is 5.75 Å². The second-order valence-corrected chi connectivity index (χ2v) is 5.22. The smallest absolute Gasteiger partial charge is 0.325 e. The van der Waals surface area contributed by atoms with Crippen molar-refractivity contribution in [2.45, 2.75) is 25.8 Å². The number of rotatable bonds is 7. The van der Waals surface area contributed by atoms with Crippen molar-refractivity contribution < 1.29 is 19.4 Å². The summed E-state index contributed by atoms with van der Waals surface area (Å²) in [4.78, 5) is 22.6. The molecule has 1 amide bonds. The number of nitrogens with zero attached hydrogens (tertiary/aromatic N) is 2. The van der Waals surface area contributed by atoms with E-state index < -0.39 is 5.97 Å². The molecule has 0 bridgehead atoms. The predicted octanol–water partition coefficient (Wildman–Crippen LogP) is 2.11. The van der Waals surface area contributed by atoms with Gasteiger partial charge in [-0.1, -0.05) is 19.1 Å². The van der Waals surface area contributed by atoms with E-state index in [1.165, 1.54) is 10.9 Å². The zero-order valence-electron chi connectivity index (χ0n) is 13.0. The third kappa shape index (κ3) is 4.84. The molecule has 1 unspecified atom stereocenters. The Morgan fingerprint density at radius 2 is 2.00 bits per heavy atom. The van der Waals surface area contributed by atoms with Crippen molar-refractivity contribution in [3.8, 4) is 5.75 Å². The van der Waals surface area contributed by atoms with Crippen LogP contribution in [0.4, 0.5) is 5.82 Å². The molecule has 0 saturated carbocycles. The van der Waals surface area contributed by atoms with E-state index in [0.717, 1.165) is 11.3 Å². The summed E-state index contributed by atoms with van der Waals surface area (Å²) in [5, 5.41) is 15.3. The molecule has 1 heterocycles. The molecule has 0 aliphatic carbocycles. The lowest BCUT2D eigenvalue weighted by Crippen LogP contribution is -2.15. The number of carbonyl (C=O) groups excluding carboxylic acids is 1. The second-order valence-electron chi connectivity index (χ2n) is 5.22. The van der Waals surface area contributed by atoms with Gasteiger partial charge in [-0.05, 0) is 23.6 Å². The molecule has 7 heteroatoms. The van der Waals surface area contributed by atoms with Gasteiger partial charge in [0, 0.05) is 18.7 Å². The number of hydrogen-bond donors (Lipinski definition) is 2. The maximum absolute atomic E-state index is 12.0. The molecule has 0 aliphatic heterocycles. The van der Waals surface area contributed by atoms with Crippen LogP contribution in [-0.2, 0) is 16.1 Å². The zero-order valence-corrected chi connectivity index (χ0v) is 13.0. The normalized spacial score (nSPS) is 11.7. The Labute approximate surface area is 133 Å². The summed E-state index contributed by atoms with van der Waals surface area (Å²) in [7, 11) is 1.61. The summed E-state index contributed by atoms with van der Waals surface area (Å²) < 4.78 is 6.36. The molecule has 2 rings (SSSR count). The van der Waals surface area contributed by atoms with E-state index >= 15 is 0 Å². The fourth-order valence-electron chi connectivity index (χ4n) is 2.18. The summed E-state index contributed by atoms with van der Waals surface area (Å²) in [5.41, 5.74) is 1.04. The lowest BCUT2D eigenvalue weighted by Gasteiger charge is -2.12. The average molecular weight is 317 g/mol. The Morgan fingerprint density at radius 1 is 1.30 bits per heavy atom. The van der Waals surface area contributed by atoms with Crippen molar-refractivity contribution in [1.82, 2.24) is 9.78 Å². The first-order valence-electron chi connectivity index (χ1n) is 7.17. The van der Waals surface area contributed by atoms with Crippen molar-refractivity contribution in [2.24, 2.45) is 0 Å². The van der Waals surface area contributed by atoms with E-state index in [4.69, 9.17) is 9.84 Å². The van der Waals surface area contributed by atoms with Gasteiger partial charge in [0.05, 0.1) is 7.11 Å². The second kappa shape index (κ2) is 7.44. The Bertz CT molecular complexity index is 679. The molecule has 122 valence electrons. The summed E-state index contributed by atoms with van der Waals surface area (Å²) in [5.74, 6) is 0.00237. The SMILES string of the molecule is COc1ccc(C(C)CC(=O)Nc2ccn(CC(=O)O)n2)cc1. The molecule has 0 fully saturated rings. The van der Waals surface area contributed by atoms with Gasteiger partial charge in [0.2, 0.25) is 5.91 Å². The number of hydrogen-bond acceptors (Lipinski definition) is 4. The highest BCUT2D eigenvalue weighted by atomic mass is 16.5. The third-order valence-electron chi connectivity index (χ3n) is 3.38. The molecule has 1 atom stereocenters. The van der Waals surface area contributed by atoms with E-state index in [0.29, 0.717) is 12.2 Å². The van der Waals surface area contributed by atoms with Crippen molar-refractivity contribution in [3.05, 3.63) is 42.1 Å². The molecule has 7 nitrogen and oxygen atoms in total. The van der Waals surface area contributed by atoms with Crippen LogP contribution in [0.3, 0.4) is 0 Å². The molecule has 2 N–H and O–H groups in total. The van der Waals surface area contributed by atoms with Crippen LogP contribution in [0.25, 0.3) is 0 Å². The van der Waals surface area contributed by atoms with Crippen LogP contribution in [-0.4, -0.2) is 33.9 Å². The number of anilines is 1. The highest BCUT2D eigenvalue weighted by molar-refractivity contribution is 5.90. The first-order chi connectivity index (χ1) is 11.0. The minimum Gasteiger partial charge on any atom is -0.497 e.